The number of halogens is 1. The first-order valence-corrected chi connectivity index (χ1v) is 42.0. The number of benzene rings is 2. The minimum absolute atomic E-state index is 0.0261. The minimum Gasteiger partial charge on any atom is -0.478 e. The average Bonchev–Trinajstić information content (AvgIpc) is 1.43. The number of nitrogens with one attached hydrogen (secondary N) is 3. The lowest BCUT2D eigenvalue weighted by atomic mass is 9.83. The highest BCUT2D eigenvalue weighted by atomic mass is 127. The Hall–Kier alpha value is -6.01. The normalized spacial score (nSPS) is 19.4. The van der Waals surface area contributed by atoms with Crippen LogP contribution in [0.15, 0.2) is 74.7 Å². The fraction of sp³-hybridized carbons (Fsp3) is 0.538. The van der Waals surface area contributed by atoms with Crippen molar-refractivity contribution in [3.63, 3.8) is 0 Å². The first kappa shape index (κ1) is 81.5. The summed E-state index contributed by atoms with van der Waals surface area (Å²) in [6, 6.07) is 7.09. The van der Waals surface area contributed by atoms with E-state index in [1.54, 1.807) is 39.8 Å². The maximum Gasteiger partial charge on any atom is 0.490 e. The first-order chi connectivity index (χ1) is 50.4. The van der Waals surface area contributed by atoms with Crippen LogP contribution in [-0.4, -0.2) is 190 Å². The van der Waals surface area contributed by atoms with Gasteiger partial charge in [-0.05, 0) is 130 Å². The van der Waals surface area contributed by atoms with Gasteiger partial charge < -0.3 is 88.5 Å². The summed E-state index contributed by atoms with van der Waals surface area (Å²) in [7, 11) is -13.7. The van der Waals surface area contributed by atoms with E-state index in [0.717, 1.165) is 117 Å². The van der Waals surface area contributed by atoms with Crippen molar-refractivity contribution in [1.29, 1.82) is 0 Å². The molecule has 6 aliphatic heterocycles. The Morgan fingerprint density at radius 3 is 2.50 bits per heavy atom. The lowest BCUT2D eigenvalue weighted by Crippen LogP contribution is -2.45. The highest BCUT2D eigenvalue weighted by Gasteiger charge is 2.44. The number of carbonyl (C=O) groups is 3. The summed E-state index contributed by atoms with van der Waals surface area (Å²) in [6.45, 7) is 9.76. The monoisotopic (exact) mass is 1670 g/mol. The number of nitrogens with zero attached hydrogens (tertiary/aromatic N) is 8. The molecular weight excluding hydrogens is 1580 g/mol. The van der Waals surface area contributed by atoms with Crippen molar-refractivity contribution < 1.29 is 104 Å². The molecule has 5 atom stereocenters. The van der Waals surface area contributed by atoms with Gasteiger partial charge in [0, 0.05) is 101 Å². The molecule has 2 aromatic heterocycles. The number of hydrogen-bond donors (Lipinski definition) is 9. The number of hydroxylamine groups is 1. The van der Waals surface area contributed by atoms with Crippen molar-refractivity contribution in [2.45, 2.75) is 114 Å². The molecule has 2 unspecified atom stereocenters. The van der Waals surface area contributed by atoms with Crippen molar-refractivity contribution in [2.75, 3.05) is 117 Å². The van der Waals surface area contributed by atoms with Gasteiger partial charge in [-0.25, -0.2) is 43.3 Å². The summed E-state index contributed by atoms with van der Waals surface area (Å²) >= 11 is 2.47. The third kappa shape index (κ3) is 22.8. The number of unbranched alkanes of at least 4 members (excludes halogenated alkanes) is 1. The predicted octanol–water partition coefficient (Wildman–Crippen LogP) is 7.68. The fourth-order valence-electron chi connectivity index (χ4n) is 12.7. The Bertz CT molecular complexity index is 4350. The summed E-state index contributed by atoms with van der Waals surface area (Å²) in [5, 5.41) is 22.1. The number of carboxylic acid groups (broad SMARTS) is 1. The largest absolute Gasteiger partial charge is 0.490 e. The number of nitrogen functional groups attached to an aromatic ring is 1. The molecule has 0 spiro atoms. The van der Waals surface area contributed by atoms with Crippen molar-refractivity contribution >= 4 is 108 Å². The number of hydrogen-bond acceptors (Lipinski definition) is 25. The van der Waals surface area contributed by atoms with Crippen LogP contribution in [0.5, 0.6) is 5.75 Å². The van der Waals surface area contributed by atoms with E-state index in [2.05, 4.69) is 121 Å². The molecule has 2 aromatic carbocycles. The molecule has 6 aliphatic rings. The molecule has 2 amide bonds. The molecule has 40 heteroatoms. The number of ether oxygens (including phenoxy) is 7. The van der Waals surface area contributed by atoms with E-state index in [4.69, 9.17) is 63.6 Å². The number of carbonyl (C=O) groups excluding carboxylic acids is 2. The van der Waals surface area contributed by atoms with Crippen molar-refractivity contribution in [2.24, 2.45) is 5.11 Å². The Kier molecular flexibility index (Phi) is 29.8. The smallest absolute Gasteiger partial charge is 0.478 e. The Morgan fingerprint density at radius 1 is 0.933 bits per heavy atom. The van der Waals surface area contributed by atoms with Crippen LogP contribution in [0.4, 0.5) is 10.6 Å². The van der Waals surface area contributed by atoms with Gasteiger partial charge in [0.1, 0.15) is 67.4 Å². The topological polar surface area (TPSA) is 453 Å². The minimum atomic E-state index is -5.80. The van der Waals surface area contributed by atoms with E-state index < -0.39 is 67.3 Å². The number of alkyl carbamates (subject to hydrolysis) is 1. The predicted molar refractivity (Wildman–Crippen MR) is 394 cm³/mol. The number of aryl methyl sites for hydroxylation is 1. The maximum absolute atomic E-state index is 13.9. The third-order valence-electron chi connectivity index (χ3n) is 17.4. The number of aromatic nitrogens is 3. The second kappa shape index (κ2) is 38.4. The van der Waals surface area contributed by atoms with E-state index in [0.29, 0.717) is 80.4 Å². The second-order valence-corrected chi connectivity index (χ2v) is 33.7. The molecule has 10 N–H and O–H groups in total. The van der Waals surface area contributed by atoms with Crippen LogP contribution in [0, 0.1) is 11.8 Å². The zero-order valence-corrected chi connectivity index (χ0v) is 64.2. The third-order valence-corrected chi connectivity index (χ3v) is 25.5. The SMILES string of the molecule is CC(C)(CCONCCOCCOCCNC(=O)c1ccc(C(=O)O)c(C2=c3cc4c5c(c3OC3=C2/C=C/CCCN2CCCC3=C2I)CCC[N+]=5CCC4)c1)SSCOCCCCOC(=O)NCC#Cc1cn([C@H]2C[C@H](OCN=[N+]=[N-])[C@@H](COP(=O)(O)OP(=O)(O)OP(=O)(O)O)O2)c2ncnc(N)c12. The average molecular weight is 1670 g/mol. The second-order valence-electron chi connectivity index (χ2n) is 25.3. The van der Waals surface area contributed by atoms with Crippen LogP contribution in [0.2, 0.25) is 0 Å². The van der Waals surface area contributed by atoms with E-state index >= 15 is 0 Å². The quantitative estimate of drug-likeness (QED) is 0.00170. The fourth-order valence-corrected chi connectivity index (χ4v) is 19.0. The number of phosphoric acid groups is 3. The van der Waals surface area contributed by atoms with Gasteiger partial charge in [-0.15, -0.1) is 0 Å². The van der Waals surface area contributed by atoms with Crippen LogP contribution in [0.3, 0.4) is 0 Å². The van der Waals surface area contributed by atoms with Gasteiger partial charge in [0.25, 0.3) is 5.91 Å². The molecule has 570 valence electrons. The van der Waals surface area contributed by atoms with E-state index in [9.17, 15) is 43.0 Å². The number of carboxylic acids is 1. The summed E-state index contributed by atoms with van der Waals surface area (Å²) in [5.74, 6) is 6.40. The van der Waals surface area contributed by atoms with E-state index in [1.807, 2.05) is 0 Å². The van der Waals surface area contributed by atoms with Gasteiger partial charge in [0.15, 0.2) is 0 Å². The Balaban J connectivity index is 0.579. The van der Waals surface area contributed by atoms with E-state index in [-0.39, 0.29) is 60.4 Å². The molecule has 105 heavy (non-hydrogen) atoms. The van der Waals surface area contributed by atoms with Crippen LogP contribution in [0.25, 0.3) is 27.0 Å². The lowest BCUT2D eigenvalue weighted by Gasteiger charge is -2.34. The molecule has 1 saturated heterocycles. The maximum atomic E-state index is 13.9. The number of phosphoric ester groups is 1. The van der Waals surface area contributed by atoms with Crippen molar-refractivity contribution in [1.82, 2.24) is 40.1 Å². The number of nitrogens with two attached hydrogens (primary N) is 1. The number of anilines is 1. The zero-order chi connectivity index (χ0) is 74.7. The number of rotatable bonds is 37. The molecule has 0 aliphatic carbocycles. The van der Waals surface area contributed by atoms with Crippen molar-refractivity contribution in [3.8, 4) is 17.6 Å². The molecule has 0 saturated carbocycles. The first-order valence-electron chi connectivity index (χ1n) is 34.0. The Labute approximate surface area is 626 Å². The molecular formula is C65H85IN12O22P3S2+. The molecule has 1 fully saturated rings. The van der Waals surface area contributed by atoms with Gasteiger partial charge in [-0.3, -0.25) is 9.32 Å². The van der Waals surface area contributed by atoms with Gasteiger partial charge >= 0.3 is 35.5 Å². The molecule has 8 heterocycles. The number of allylic oxidation sites excluding steroid dienone is 4. The van der Waals surface area contributed by atoms with Gasteiger partial charge in [-0.1, -0.05) is 50.7 Å². The highest BCUT2D eigenvalue weighted by Crippen LogP contribution is 2.66. The van der Waals surface area contributed by atoms with Crippen LogP contribution < -0.4 is 41.7 Å². The summed E-state index contributed by atoms with van der Waals surface area (Å²) in [5.41, 5.74) is 24.6. The lowest BCUT2D eigenvalue weighted by molar-refractivity contribution is -0.0582. The van der Waals surface area contributed by atoms with Crippen LogP contribution in [-0.2, 0) is 72.9 Å². The van der Waals surface area contributed by atoms with Gasteiger partial charge in [0.2, 0.25) is 5.36 Å². The summed E-state index contributed by atoms with van der Waals surface area (Å²) < 4.78 is 94.1. The summed E-state index contributed by atoms with van der Waals surface area (Å²) in [4.78, 5) is 95.9. The highest BCUT2D eigenvalue weighted by molar-refractivity contribution is 14.1. The Morgan fingerprint density at radius 2 is 1.71 bits per heavy atom. The number of amides is 2. The number of azide groups is 1. The molecule has 0 radical (unpaired) electrons. The molecule has 2 bridgehead atoms. The summed E-state index contributed by atoms with van der Waals surface area (Å²) in [6.07, 6.45) is 12.5. The van der Waals surface area contributed by atoms with E-state index in [1.165, 1.54) is 37.3 Å². The van der Waals surface area contributed by atoms with Gasteiger partial charge in [0.05, 0.1) is 84.7 Å². The molecule has 4 aromatic rings. The number of fused-ring (bicyclic) bond motifs is 5. The van der Waals surface area contributed by atoms with Crippen molar-refractivity contribution in [3.05, 3.63) is 124 Å². The standard InChI is InChI=1S/C65H84IN12O22P3S2/c1-65(2,105-104-41-92-27-6-7-28-93-64(82)70-20-8-12-44-37-78(61-54(44)60(67)71-39-72-61)53-36-51(94-40-73-75-68)52(97-53)38-96-102(86,87)100-103(88,89)99-101(83,84)85)19-29-95-74-22-31-91-33-32-90-30-21-69-62(79)43-17-18-45(63(80)81)49(35-43)55-46-14-4-3-5-23-77-26-11-16-48(59(77)66)57(46)98-58-47-15-10-25-76-24-9-13-42(56(47)76)34-50(55)58/h4,14,17-18,34-35,37,39,51-53,74H,3,5-7,9-11,13,15-16,19-33,36,38,40-41H2,1-2H3,(H8-,67,69,70,71,72,79,80,81,82,83,84,85,86,87,88,89)/p+1/b14-4+/t51-,52+,53+/m0/s1. The van der Waals surface area contributed by atoms with Crippen LogP contribution >= 0.6 is 67.6 Å². The molecule has 34 nitrogen and oxygen atoms in total. The number of aromatic carboxylic acids is 1. The zero-order valence-electron chi connectivity index (χ0n) is 57.7. The van der Waals surface area contributed by atoms with Crippen LogP contribution in [0.1, 0.15) is 127 Å². The molecule has 10 rings (SSSR count). The van der Waals surface area contributed by atoms with Gasteiger partial charge in [-0.2, -0.15) is 8.62 Å².